The van der Waals surface area contributed by atoms with Gasteiger partial charge in [0.1, 0.15) is 10.6 Å². The summed E-state index contributed by atoms with van der Waals surface area (Å²) in [6.07, 6.45) is -8.92. The van der Waals surface area contributed by atoms with Crippen molar-refractivity contribution >= 4 is 21.8 Å². The molecule has 0 aliphatic rings. The van der Waals surface area contributed by atoms with Crippen molar-refractivity contribution in [3.8, 4) is 5.75 Å². The van der Waals surface area contributed by atoms with Gasteiger partial charge >= 0.3 is 28.5 Å². The van der Waals surface area contributed by atoms with E-state index in [-0.39, 0.29) is 18.3 Å². The predicted molar refractivity (Wildman–Crippen MR) is 131 cm³/mol. The van der Waals surface area contributed by atoms with Crippen LogP contribution < -0.4 is 9.50 Å². The van der Waals surface area contributed by atoms with E-state index in [1.54, 1.807) is 13.8 Å². The minimum absolute atomic E-state index is 0.0321. The number of alkyl halides is 6. The fourth-order valence-electron chi connectivity index (χ4n) is 3.52. The lowest BCUT2D eigenvalue weighted by Gasteiger charge is -2.29. The van der Waals surface area contributed by atoms with Gasteiger partial charge in [0.25, 0.3) is 0 Å². The van der Waals surface area contributed by atoms with Gasteiger partial charge in [-0.1, -0.05) is 37.3 Å². The van der Waals surface area contributed by atoms with E-state index in [0.29, 0.717) is 18.1 Å². The van der Waals surface area contributed by atoms with Crippen LogP contribution in [0.25, 0.3) is 0 Å². The van der Waals surface area contributed by atoms with Crippen LogP contribution in [-0.4, -0.2) is 25.4 Å². The molecule has 2 amide bonds. The largest absolute Gasteiger partial charge is 0.418 e. The van der Waals surface area contributed by atoms with Gasteiger partial charge in [0.05, 0.1) is 16.8 Å². The molecule has 1 atom stereocenters. The van der Waals surface area contributed by atoms with E-state index in [1.807, 2.05) is 0 Å². The zero-order chi connectivity index (χ0) is 29.0. The molecule has 0 saturated heterocycles. The molecule has 6 nitrogen and oxygen atoms in total. The Morgan fingerprint density at radius 2 is 1.56 bits per heavy atom. The van der Waals surface area contributed by atoms with Gasteiger partial charge in [-0.3, -0.25) is 0 Å². The maximum absolute atomic E-state index is 13.3. The summed E-state index contributed by atoms with van der Waals surface area (Å²) in [4.78, 5) is 13.6. The zero-order valence-electron chi connectivity index (χ0n) is 20.7. The van der Waals surface area contributed by atoms with Crippen LogP contribution in [-0.2, 0) is 29.0 Å². The Bertz CT molecular complexity index is 1410. The lowest BCUT2D eigenvalue weighted by atomic mass is 10.1. The van der Waals surface area contributed by atoms with Crippen molar-refractivity contribution in [3.63, 3.8) is 0 Å². The molecule has 0 saturated carbocycles. The number of rotatable bonds is 8. The van der Waals surface area contributed by atoms with Gasteiger partial charge in [0.15, 0.2) is 0 Å². The normalized spacial score (nSPS) is 13.0. The summed E-state index contributed by atoms with van der Waals surface area (Å²) in [5.41, 5.74) is -2.04. The fourth-order valence-corrected chi connectivity index (χ4v) is 4.50. The molecule has 0 fully saturated rings. The monoisotopic (exact) mass is 574 g/mol. The summed E-state index contributed by atoms with van der Waals surface area (Å²) in [5.74, 6) is -0.185. The number of amides is 2. The molecule has 3 aromatic carbocycles. The quantitative estimate of drug-likeness (QED) is 0.226. The lowest BCUT2D eigenvalue weighted by molar-refractivity contribution is -0.138. The number of halogens is 6. The number of urea groups is 1. The molecule has 0 radical (unpaired) electrons. The summed E-state index contributed by atoms with van der Waals surface area (Å²) in [7, 11) is -4.58. The second kappa shape index (κ2) is 11.6. The zero-order valence-corrected chi connectivity index (χ0v) is 21.5. The summed E-state index contributed by atoms with van der Waals surface area (Å²) in [5, 5.41) is 2.31. The molecule has 3 aromatic rings. The molecule has 0 aliphatic heterocycles. The first-order chi connectivity index (χ1) is 18.1. The Morgan fingerprint density at radius 1 is 0.923 bits per heavy atom. The molecule has 0 aliphatic carbocycles. The van der Waals surface area contributed by atoms with Crippen molar-refractivity contribution in [3.05, 3.63) is 89.5 Å². The molecule has 1 unspecified atom stereocenters. The number of anilines is 1. The van der Waals surface area contributed by atoms with Crippen LogP contribution >= 0.6 is 0 Å². The third-order valence-electron chi connectivity index (χ3n) is 5.79. The highest BCUT2D eigenvalue weighted by atomic mass is 32.2. The van der Waals surface area contributed by atoms with Crippen LogP contribution in [0.4, 0.5) is 36.8 Å². The van der Waals surface area contributed by atoms with E-state index < -0.39 is 50.2 Å². The van der Waals surface area contributed by atoms with Gasteiger partial charge in [-0.2, -0.15) is 34.8 Å². The molecule has 0 spiro atoms. The molecule has 3 rings (SSSR count). The number of nitrogens with one attached hydrogen (secondary N) is 1. The van der Waals surface area contributed by atoms with E-state index in [9.17, 15) is 39.6 Å². The smallest absolute Gasteiger partial charge is 0.379 e. The van der Waals surface area contributed by atoms with Crippen molar-refractivity contribution < 1.29 is 43.7 Å². The first-order valence-corrected chi connectivity index (χ1v) is 13.0. The molecule has 0 heterocycles. The average Bonchev–Trinajstić information content (AvgIpc) is 2.87. The topological polar surface area (TPSA) is 75.7 Å². The molecule has 0 bridgehead atoms. The van der Waals surface area contributed by atoms with Gasteiger partial charge < -0.3 is 14.4 Å². The average molecular weight is 575 g/mol. The molecule has 0 aromatic heterocycles. The maximum Gasteiger partial charge on any atom is 0.418 e. The van der Waals surface area contributed by atoms with Crippen molar-refractivity contribution in [2.75, 3.05) is 5.32 Å². The van der Waals surface area contributed by atoms with E-state index in [2.05, 4.69) is 5.32 Å². The maximum atomic E-state index is 13.3. The number of benzene rings is 3. The molecule has 210 valence electrons. The number of hydrogen-bond donors (Lipinski definition) is 1. The highest BCUT2D eigenvalue weighted by Gasteiger charge is 2.34. The van der Waals surface area contributed by atoms with Crippen LogP contribution in [0.1, 0.15) is 37.0 Å². The van der Waals surface area contributed by atoms with Gasteiger partial charge in [0, 0.05) is 12.6 Å². The van der Waals surface area contributed by atoms with E-state index in [4.69, 9.17) is 4.18 Å². The number of carbonyl (C=O) groups is 1. The predicted octanol–water partition coefficient (Wildman–Crippen LogP) is 7.32. The Labute approximate surface area is 221 Å². The number of para-hydroxylation sites is 1. The first-order valence-electron chi connectivity index (χ1n) is 11.6. The standard InChI is InChI=1S/C26H24F6N2O4S/c1-3-17(2)34(24(35)33-23-10-5-4-9-22(23)26(30,31)32)16-18-11-13-20(14-12-18)38-39(36,37)21-8-6-7-19(15-21)25(27,28)29/h4-15,17H,3,16H2,1-2H3,(H,33,35). The Kier molecular flexibility index (Phi) is 8.84. The Hall–Kier alpha value is -3.74. The van der Waals surface area contributed by atoms with Crippen LogP contribution in [0.5, 0.6) is 5.75 Å². The van der Waals surface area contributed by atoms with E-state index in [0.717, 1.165) is 30.3 Å². The Balaban J connectivity index is 1.77. The van der Waals surface area contributed by atoms with Crippen molar-refractivity contribution in [2.45, 2.75) is 50.1 Å². The first kappa shape index (κ1) is 29.8. The third-order valence-corrected chi connectivity index (χ3v) is 7.03. The van der Waals surface area contributed by atoms with Gasteiger partial charge in [0.2, 0.25) is 0 Å². The van der Waals surface area contributed by atoms with Crippen molar-refractivity contribution in [1.29, 1.82) is 0 Å². The van der Waals surface area contributed by atoms with Crippen LogP contribution in [0.15, 0.2) is 77.7 Å². The fraction of sp³-hybridized carbons (Fsp3) is 0.269. The minimum atomic E-state index is -4.74. The van der Waals surface area contributed by atoms with Crippen molar-refractivity contribution in [1.82, 2.24) is 4.90 Å². The summed E-state index contributed by atoms with van der Waals surface area (Å²) >= 11 is 0. The van der Waals surface area contributed by atoms with Crippen LogP contribution in [0.3, 0.4) is 0 Å². The van der Waals surface area contributed by atoms with Gasteiger partial charge in [-0.25, -0.2) is 4.79 Å². The van der Waals surface area contributed by atoms with E-state index >= 15 is 0 Å². The number of carbonyl (C=O) groups excluding carboxylic acids is 1. The van der Waals surface area contributed by atoms with E-state index in [1.165, 1.54) is 41.3 Å². The highest BCUT2D eigenvalue weighted by Crippen LogP contribution is 2.35. The summed E-state index contributed by atoms with van der Waals surface area (Å²) < 4.78 is 109. The highest BCUT2D eigenvalue weighted by molar-refractivity contribution is 7.87. The number of hydrogen-bond acceptors (Lipinski definition) is 4. The second-order valence-electron chi connectivity index (χ2n) is 8.57. The lowest BCUT2D eigenvalue weighted by Crippen LogP contribution is -2.41. The van der Waals surface area contributed by atoms with Gasteiger partial charge in [-0.05, 0) is 61.4 Å². The molecular formula is C26H24F6N2O4S. The molecular weight excluding hydrogens is 550 g/mol. The molecule has 1 N–H and O–H groups in total. The minimum Gasteiger partial charge on any atom is -0.379 e. The summed E-state index contributed by atoms with van der Waals surface area (Å²) in [6, 6.07) is 11.9. The van der Waals surface area contributed by atoms with Crippen molar-refractivity contribution in [2.24, 2.45) is 0 Å². The summed E-state index contributed by atoms with van der Waals surface area (Å²) in [6.45, 7) is 3.48. The SMILES string of the molecule is CCC(C)N(Cc1ccc(OS(=O)(=O)c2cccc(C(F)(F)F)c2)cc1)C(=O)Nc1ccccc1C(F)(F)F. The molecule has 39 heavy (non-hydrogen) atoms. The Morgan fingerprint density at radius 3 is 2.15 bits per heavy atom. The third kappa shape index (κ3) is 7.65. The molecule has 13 heteroatoms. The van der Waals surface area contributed by atoms with Crippen LogP contribution in [0.2, 0.25) is 0 Å². The second-order valence-corrected chi connectivity index (χ2v) is 10.1. The van der Waals surface area contributed by atoms with Gasteiger partial charge in [-0.15, -0.1) is 0 Å². The van der Waals surface area contributed by atoms with Crippen LogP contribution in [0, 0.1) is 0 Å². The number of nitrogens with zero attached hydrogens (tertiary/aromatic N) is 1.